The molecule has 0 unspecified atom stereocenters. The monoisotopic (exact) mass is 301 g/mol. The normalized spacial score (nSPS) is 11.6. The molecule has 0 spiro atoms. The van der Waals surface area contributed by atoms with Crippen LogP contribution in [0.4, 0.5) is 4.39 Å². The zero-order chi connectivity index (χ0) is 14.9. The first-order chi connectivity index (χ1) is 9.36. The third kappa shape index (κ3) is 2.63. The molecule has 0 bridgehead atoms. The van der Waals surface area contributed by atoms with E-state index < -0.39 is 20.5 Å². The Morgan fingerprint density at radius 2 is 2.15 bits per heavy atom. The van der Waals surface area contributed by atoms with Crippen LogP contribution in [0.15, 0.2) is 21.6 Å². The van der Waals surface area contributed by atoms with E-state index in [1.54, 1.807) is 0 Å². The van der Waals surface area contributed by atoms with Crippen LogP contribution in [0, 0.1) is 5.82 Å². The van der Waals surface area contributed by atoms with E-state index in [2.05, 4.69) is 10.1 Å². The fourth-order valence-corrected chi connectivity index (χ4v) is 2.34. The zero-order valence-electron chi connectivity index (χ0n) is 10.8. The van der Waals surface area contributed by atoms with Gasteiger partial charge in [-0.15, -0.1) is 0 Å². The maximum atomic E-state index is 13.9. The molecule has 2 N–H and O–H groups in total. The van der Waals surface area contributed by atoms with Crippen LogP contribution < -0.4 is 10.5 Å². The van der Waals surface area contributed by atoms with Crippen molar-refractivity contribution < 1.29 is 22.1 Å². The van der Waals surface area contributed by atoms with Crippen molar-refractivity contribution in [3.8, 4) is 17.1 Å². The van der Waals surface area contributed by atoms with Gasteiger partial charge in [0.05, 0.1) is 19.2 Å². The Bertz CT molecular complexity index is 742. The summed E-state index contributed by atoms with van der Waals surface area (Å²) in [5.41, 5.74) is 5.52. The van der Waals surface area contributed by atoms with Gasteiger partial charge in [-0.1, -0.05) is 5.16 Å². The van der Waals surface area contributed by atoms with Crippen molar-refractivity contribution in [2.75, 3.05) is 13.4 Å². The predicted octanol–water partition coefficient (Wildman–Crippen LogP) is 0.746. The molecule has 0 aliphatic carbocycles. The number of hydrogen-bond acceptors (Lipinski definition) is 7. The molecule has 1 aromatic carbocycles. The second-order valence-electron chi connectivity index (χ2n) is 3.97. The van der Waals surface area contributed by atoms with Gasteiger partial charge in [-0.25, -0.2) is 12.8 Å². The predicted molar refractivity (Wildman–Crippen MR) is 67.2 cm³/mol. The van der Waals surface area contributed by atoms with Crippen molar-refractivity contribution in [3.05, 3.63) is 23.8 Å². The highest BCUT2D eigenvalue weighted by atomic mass is 32.2. The van der Waals surface area contributed by atoms with Crippen LogP contribution in [-0.2, 0) is 16.4 Å². The van der Waals surface area contributed by atoms with Crippen molar-refractivity contribution >= 4 is 9.84 Å². The molecule has 0 amide bonds. The second-order valence-corrected chi connectivity index (χ2v) is 5.96. The van der Waals surface area contributed by atoms with Crippen molar-refractivity contribution in [1.82, 2.24) is 10.1 Å². The van der Waals surface area contributed by atoms with Crippen LogP contribution in [0.25, 0.3) is 11.4 Å². The van der Waals surface area contributed by atoms with Crippen LogP contribution in [0.5, 0.6) is 5.75 Å². The largest absolute Gasteiger partial charge is 0.496 e. The van der Waals surface area contributed by atoms with Gasteiger partial charge in [0.25, 0.3) is 0 Å². The van der Waals surface area contributed by atoms with Crippen molar-refractivity contribution in [3.63, 3.8) is 0 Å². The lowest BCUT2D eigenvalue weighted by Gasteiger charge is -2.08. The van der Waals surface area contributed by atoms with Gasteiger partial charge in [0.1, 0.15) is 16.5 Å². The smallest absolute Gasteiger partial charge is 0.240 e. The first kappa shape index (κ1) is 14.4. The number of hydrogen-bond donors (Lipinski definition) is 1. The highest BCUT2D eigenvalue weighted by molar-refractivity contribution is 7.90. The van der Waals surface area contributed by atoms with E-state index in [-0.39, 0.29) is 29.6 Å². The van der Waals surface area contributed by atoms with E-state index in [9.17, 15) is 12.8 Å². The summed E-state index contributed by atoms with van der Waals surface area (Å²) in [6.45, 7) is 0.0409. The average Bonchev–Trinajstić information content (AvgIpc) is 2.85. The van der Waals surface area contributed by atoms with Crippen LogP contribution in [-0.4, -0.2) is 31.9 Å². The Morgan fingerprint density at radius 3 is 2.65 bits per heavy atom. The highest BCUT2D eigenvalue weighted by Gasteiger charge is 2.21. The number of sulfone groups is 1. The maximum absolute atomic E-state index is 13.9. The Labute approximate surface area is 114 Å². The topological polar surface area (TPSA) is 108 Å². The van der Waals surface area contributed by atoms with E-state index in [0.717, 1.165) is 18.4 Å². The molecule has 2 rings (SSSR count). The van der Waals surface area contributed by atoms with E-state index in [4.69, 9.17) is 15.0 Å². The minimum absolute atomic E-state index is 0.0409. The highest BCUT2D eigenvalue weighted by Crippen LogP contribution is 2.32. The number of methoxy groups -OCH3 is 1. The summed E-state index contributed by atoms with van der Waals surface area (Å²) in [7, 11) is -2.38. The summed E-state index contributed by atoms with van der Waals surface area (Å²) in [5.74, 6) is -0.547. The summed E-state index contributed by atoms with van der Waals surface area (Å²) in [5, 5.41) is 3.64. The number of aromatic nitrogens is 2. The minimum atomic E-state index is -3.70. The Hall–Kier alpha value is -2.00. The first-order valence-electron chi connectivity index (χ1n) is 5.47. The molecule has 0 atom stereocenters. The fourth-order valence-electron chi connectivity index (χ4n) is 1.61. The second kappa shape index (κ2) is 5.17. The van der Waals surface area contributed by atoms with Crippen molar-refractivity contribution in [1.29, 1.82) is 0 Å². The van der Waals surface area contributed by atoms with Crippen molar-refractivity contribution in [2.24, 2.45) is 5.73 Å². The molecule has 0 aliphatic rings. The molecule has 7 nitrogen and oxygen atoms in total. The number of nitrogens with zero attached hydrogens (tertiary/aromatic N) is 2. The molecule has 0 saturated carbocycles. The standard InChI is InChI=1S/C11H12FN3O4S/c1-18-8-4-9(20(2,16)17)7(12)3-6(8)11-14-10(5-13)19-15-11/h3-4H,5,13H2,1-2H3. The Kier molecular flexibility index (Phi) is 3.73. The molecule has 2 aromatic rings. The number of ether oxygens (including phenoxy) is 1. The number of benzene rings is 1. The third-order valence-electron chi connectivity index (χ3n) is 2.54. The molecule has 108 valence electrons. The van der Waals surface area contributed by atoms with Crippen LogP contribution >= 0.6 is 0 Å². The lowest BCUT2D eigenvalue weighted by Crippen LogP contribution is -2.03. The molecule has 1 heterocycles. The van der Waals surface area contributed by atoms with Gasteiger partial charge in [-0.05, 0) is 6.07 Å². The lowest BCUT2D eigenvalue weighted by atomic mass is 10.2. The number of halogens is 1. The van der Waals surface area contributed by atoms with Gasteiger partial charge in [0, 0.05) is 12.3 Å². The minimum Gasteiger partial charge on any atom is -0.496 e. The quantitative estimate of drug-likeness (QED) is 0.887. The molecular formula is C11H12FN3O4S. The van der Waals surface area contributed by atoms with Crippen molar-refractivity contribution in [2.45, 2.75) is 11.4 Å². The molecular weight excluding hydrogens is 289 g/mol. The molecule has 20 heavy (non-hydrogen) atoms. The average molecular weight is 301 g/mol. The molecule has 0 aliphatic heterocycles. The Morgan fingerprint density at radius 1 is 1.45 bits per heavy atom. The first-order valence-corrected chi connectivity index (χ1v) is 7.36. The summed E-state index contributed by atoms with van der Waals surface area (Å²) in [6.07, 6.45) is 0.908. The summed E-state index contributed by atoms with van der Waals surface area (Å²) >= 11 is 0. The molecule has 1 aromatic heterocycles. The van der Waals surface area contributed by atoms with Gasteiger partial charge in [-0.2, -0.15) is 4.98 Å². The summed E-state index contributed by atoms with van der Waals surface area (Å²) in [4.78, 5) is 3.48. The van der Waals surface area contributed by atoms with E-state index in [0.29, 0.717) is 0 Å². The van der Waals surface area contributed by atoms with Gasteiger partial charge in [-0.3, -0.25) is 0 Å². The molecule has 0 saturated heterocycles. The van der Waals surface area contributed by atoms with Crippen LogP contribution in [0.2, 0.25) is 0 Å². The summed E-state index contributed by atoms with van der Waals surface area (Å²) in [6, 6.07) is 2.07. The van der Waals surface area contributed by atoms with Crippen LogP contribution in [0.3, 0.4) is 0 Å². The lowest BCUT2D eigenvalue weighted by molar-refractivity contribution is 0.379. The van der Waals surface area contributed by atoms with Gasteiger partial charge >= 0.3 is 0 Å². The SMILES string of the molecule is COc1cc(S(C)(=O)=O)c(F)cc1-c1noc(CN)n1. The van der Waals surface area contributed by atoms with Gasteiger partial charge < -0.3 is 15.0 Å². The van der Waals surface area contributed by atoms with E-state index >= 15 is 0 Å². The Balaban J connectivity index is 2.63. The van der Waals surface area contributed by atoms with E-state index in [1.165, 1.54) is 7.11 Å². The molecule has 0 fully saturated rings. The van der Waals surface area contributed by atoms with Gasteiger partial charge in [0.15, 0.2) is 9.84 Å². The molecule has 0 radical (unpaired) electrons. The zero-order valence-corrected chi connectivity index (χ0v) is 11.6. The van der Waals surface area contributed by atoms with Gasteiger partial charge in [0.2, 0.25) is 11.7 Å². The maximum Gasteiger partial charge on any atom is 0.240 e. The third-order valence-corrected chi connectivity index (χ3v) is 3.65. The molecule has 9 heteroatoms. The van der Waals surface area contributed by atoms with Crippen LogP contribution in [0.1, 0.15) is 5.89 Å². The van der Waals surface area contributed by atoms with E-state index in [1.807, 2.05) is 0 Å². The number of rotatable bonds is 4. The fraction of sp³-hybridized carbons (Fsp3) is 0.273. The summed E-state index contributed by atoms with van der Waals surface area (Å²) < 4.78 is 46.7. The number of nitrogens with two attached hydrogens (primary N) is 1.